The van der Waals surface area contributed by atoms with Crippen molar-refractivity contribution < 1.29 is 14.7 Å². The topological polar surface area (TPSA) is 92.2 Å². The summed E-state index contributed by atoms with van der Waals surface area (Å²) in [5, 5.41) is 17.1. The molecule has 104 valence electrons. The number of rotatable bonds is 3. The minimum atomic E-state index is -1.10. The Morgan fingerprint density at radius 3 is 2.48 bits per heavy atom. The maximum Gasteiger partial charge on any atom is 0.337 e. The van der Waals surface area contributed by atoms with Crippen molar-refractivity contribution in [2.24, 2.45) is 0 Å². The first kappa shape index (κ1) is 13.2. The van der Waals surface area contributed by atoms with Gasteiger partial charge in [0.1, 0.15) is 4.88 Å². The van der Waals surface area contributed by atoms with Crippen LogP contribution in [0.3, 0.4) is 0 Å². The summed E-state index contributed by atoms with van der Waals surface area (Å²) in [4.78, 5) is 23.7. The summed E-state index contributed by atoms with van der Waals surface area (Å²) >= 11 is 0.948. The molecule has 0 aliphatic heterocycles. The van der Waals surface area contributed by atoms with Gasteiger partial charge in [0.05, 0.1) is 17.4 Å². The van der Waals surface area contributed by atoms with Crippen LogP contribution in [0.1, 0.15) is 20.0 Å². The molecule has 0 bridgehead atoms. The van der Waals surface area contributed by atoms with Crippen molar-refractivity contribution >= 4 is 39.9 Å². The highest BCUT2D eigenvalue weighted by Gasteiger charge is 2.16. The van der Waals surface area contributed by atoms with E-state index in [9.17, 15) is 14.7 Å². The molecule has 2 N–H and O–H groups in total. The van der Waals surface area contributed by atoms with Gasteiger partial charge in [0.15, 0.2) is 0 Å². The molecule has 0 aliphatic carbocycles. The van der Waals surface area contributed by atoms with E-state index in [-0.39, 0.29) is 11.3 Å². The highest BCUT2D eigenvalue weighted by molar-refractivity contribution is 7.07. The number of hydrogen-bond acceptors (Lipinski definition) is 5. The predicted molar refractivity (Wildman–Crippen MR) is 78.8 cm³/mol. The third kappa shape index (κ3) is 2.59. The SMILES string of the molecule is O=C(Nc1cc2ccccc2cc1C(=O)O)c1cnns1. The summed E-state index contributed by atoms with van der Waals surface area (Å²) in [7, 11) is 0. The molecule has 0 unspecified atom stereocenters. The van der Waals surface area contributed by atoms with Gasteiger partial charge < -0.3 is 10.4 Å². The minimum Gasteiger partial charge on any atom is -0.478 e. The third-order valence-electron chi connectivity index (χ3n) is 2.95. The number of anilines is 1. The van der Waals surface area contributed by atoms with Gasteiger partial charge in [0.2, 0.25) is 0 Å². The van der Waals surface area contributed by atoms with Gasteiger partial charge in [0, 0.05) is 0 Å². The van der Waals surface area contributed by atoms with Crippen molar-refractivity contribution in [1.82, 2.24) is 9.59 Å². The Morgan fingerprint density at radius 1 is 1.14 bits per heavy atom. The van der Waals surface area contributed by atoms with Crippen LogP contribution in [0.5, 0.6) is 0 Å². The van der Waals surface area contributed by atoms with Crippen molar-refractivity contribution in [3.05, 3.63) is 53.0 Å². The van der Waals surface area contributed by atoms with Crippen LogP contribution in [0, 0.1) is 0 Å². The average molecular weight is 299 g/mol. The van der Waals surface area contributed by atoms with Gasteiger partial charge in [0.25, 0.3) is 5.91 Å². The molecule has 1 amide bonds. The molecule has 1 heterocycles. The van der Waals surface area contributed by atoms with Crippen molar-refractivity contribution in [3.8, 4) is 0 Å². The summed E-state index contributed by atoms with van der Waals surface area (Å²) in [5.41, 5.74) is 0.291. The maximum atomic E-state index is 12.0. The van der Waals surface area contributed by atoms with Crippen LogP contribution >= 0.6 is 11.5 Å². The fourth-order valence-electron chi connectivity index (χ4n) is 1.97. The molecule has 6 nitrogen and oxygen atoms in total. The van der Waals surface area contributed by atoms with E-state index in [1.807, 2.05) is 24.3 Å². The Kier molecular flexibility index (Phi) is 3.33. The summed E-state index contributed by atoms with van der Waals surface area (Å²) in [5.74, 6) is -1.53. The molecule has 21 heavy (non-hydrogen) atoms. The normalized spacial score (nSPS) is 10.5. The maximum absolute atomic E-state index is 12.0. The third-order valence-corrected chi connectivity index (χ3v) is 3.61. The van der Waals surface area contributed by atoms with Crippen molar-refractivity contribution in [2.75, 3.05) is 5.32 Å². The Hall–Kier alpha value is -2.80. The fourth-order valence-corrected chi connectivity index (χ4v) is 2.38. The van der Waals surface area contributed by atoms with Crippen LogP contribution in [-0.2, 0) is 0 Å². The van der Waals surface area contributed by atoms with E-state index in [2.05, 4.69) is 14.9 Å². The smallest absolute Gasteiger partial charge is 0.337 e. The second kappa shape index (κ2) is 5.29. The zero-order chi connectivity index (χ0) is 14.8. The second-order valence-electron chi connectivity index (χ2n) is 4.29. The molecule has 1 aromatic heterocycles. The molecule has 3 rings (SSSR count). The Bertz CT molecular complexity index is 831. The van der Waals surface area contributed by atoms with Crippen molar-refractivity contribution in [3.63, 3.8) is 0 Å². The fraction of sp³-hybridized carbons (Fsp3) is 0. The zero-order valence-corrected chi connectivity index (χ0v) is 11.4. The lowest BCUT2D eigenvalue weighted by Crippen LogP contribution is -2.13. The summed E-state index contributed by atoms with van der Waals surface area (Å²) in [6.45, 7) is 0. The highest BCUT2D eigenvalue weighted by atomic mass is 32.1. The molecule has 0 saturated heterocycles. The first-order chi connectivity index (χ1) is 10.1. The lowest BCUT2D eigenvalue weighted by molar-refractivity contribution is 0.0698. The predicted octanol–water partition coefficient (Wildman–Crippen LogP) is 2.64. The summed E-state index contributed by atoms with van der Waals surface area (Å²) in [6.07, 6.45) is 1.33. The van der Waals surface area contributed by atoms with Crippen LogP contribution in [0.25, 0.3) is 10.8 Å². The van der Waals surface area contributed by atoms with Gasteiger partial charge in [-0.1, -0.05) is 28.8 Å². The van der Waals surface area contributed by atoms with Gasteiger partial charge in [-0.2, -0.15) is 0 Å². The van der Waals surface area contributed by atoms with Crippen molar-refractivity contribution in [2.45, 2.75) is 0 Å². The van der Waals surface area contributed by atoms with E-state index in [1.54, 1.807) is 6.07 Å². The van der Waals surface area contributed by atoms with E-state index < -0.39 is 11.9 Å². The number of benzene rings is 2. The molecule has 0 spiro atoms. The molecule has 7 heteroatoms. The Balaban J connectivity index is 2.05. The molecule has 3 aromatic rings. The number of aromatic nitrogens is 2. The lowest BCUT2D eigenvalue weighted by atomic mass is 10.0. The number of carboxylic acids is 1. The van der Waals surface area contributed by atoms with Gasteiger partial charge >= 0.3 is 5.97 Å². The van der Waals surface area contributed by atoms with Crippen LogP contribution in [-0.4, -0.2) is 26.6 Å². The van der Waals surface area contributed by atoms with Crippen LogP contribution in [0.15, 0.2) is 42.6 Å². The molecule has 0 saturated carbocycles. The van der Waals surface area contributed by atoms with E-state index in [0.717, 1.165) is 22.3 Å². The lowest BCUT2D eigenvalue weighted by Gasteiger charge is -2.09. The Labute approximate surface area is 123 Å². The first-order valence-corrected chi connectivity index (χ1v) is 6.77. The largest absolute Gasteiger partial charge is 0.478 e. The van der Waals surface area contributed by atoms with Crippen LogP contribution < -0.4 is 5.32 Å². The molecule has 2 aromatic carbocycles. The molecule has 0 fully saturated rings. The number of amides is 1. The number of fused-ring (bicyclic) bond motifs is 1. The molecule has 0 aliphatic rings. The first-order valence-electron chi connectivity index (χ1n) is 6.00. The average Bonchev–Trinajstić information content (AvgIpc) is 3.00. The summed E-state index contributed by atoms with van der Waals surface area (Å²) < 4.78 is 3.61. The molecule has 0 radical (unpaired) electrons. The number of hydrogen-bond donors (Lipinski definition) is 2. The zero-order valence-electron chi connectivity index (χ0n) is 10.6. The summed E-state index contributed by atoms with van der Waals surface area (Å²) in [6, 6.07) is 10.5. The molecular formula is C14H9N3O3S. The monoisotopic (exact) mass is 299 g/mol. The minimum absolute atomic E-state index is 0.0412. The van der Waals surface area contributed by atoms with Crippen molar-refractivity contribution in [1.29, 1.82) is 0 Å². The van der Waals surface area contributed by atoms with Crippen LogP contribution in [0.2, 0.25) is 0 Å². The second-order valence-corrected chi connectivity index (χ2v) is 5.07. The van der Waals surface area contributed by atoms with Gasteiger partial charge in [-0.25, -0.2) is 4.79 Å². The van der Waals surface area contributed by atoms with Crippen LogP contribution in [0.4, 0.5) is 5.69 Å². The van der Waals surface area contributed by atoms with Gasteiger partial charge in [-0.15, -0.1) is 5.10 Å². The number of carboxylic acid groups (broad SMARTS) is 1. The van der Waals surface area contributed by atoms with Gasteiger partial charge in [-0.05, 0) is 34.4 Å². The molecular weight excluding hydrogens is 290 g/mol. The standard InChI is InChI=1S/C14H9N3O3S/c18-13(12-7-15-17-21-12)16-11-6-9-4-2-1-3-8(9)5-10(11)14(19)20/h1-7H,(H,16,18)(H,19,20). The molecule has 0 atom stereocenters. The van der Waals surface area contributed by atoms with E-state index in [4.69, 9.17) is 0 Å². The van der Waals surface area contributed by atoms with Gasteiger partial charge in [-0.3, -0.25) is 4.79 Å². The number of carbonyl (C=O) groups is 2. The van der Waals surface area contributed by atoms with E-state index >= 15 is 0 Å². The number of nitrogens with one attached hydrogen (secondary N) is 1. The number of nitrogens with zero attached hydrogens (tertiary/aromatic N) is 2. The number of aromatic carboxylic acids is 1. The van der Waals surface area contributed by atoms with E-state index in [1.165, 1.54) is 12.3 Å². The van der Waals surface area contributed by atoms with E-state index in [0.29, 0.717) is 4.88 Å². The number of carbonyl (C=O) groups excluding carboxylic acids is 1. The highest BCUT2D eigenvalue weighted by Crippen LogP contribution is 2.25. The Morgan fingerprint density at radius 2 is 1.86 bits per heavy atom. The quantitative estimate of drug-likeness (QED) is 0.775.